The molecule has 4 aliphatic rings. The smallest absolute Gasteiger partial charge is 0.319 e. The van der Waals surface area contributed by atoms with E-state index in [1.807, 2.05) is 0 Å². The SMILES string of the molecule is C#Cc1c(F)ccc2cc(O)cc(-c3ncc4c(N5CCC6(CCCN6)CC5)nc(OC[C@@]56CCCN5C[C@H](F)C6)nc4c3F)c12. The van der Waals surface area contributed by atoms with Gasteiger partial charge in [0, 0.05) is 48.7 Å². The molecule has 0 saturated carbocycles. The number of halogens is 3. The van der Waals surface area contributed by atoms with Crippen LogP contribution in [0.1, 0.15) is 50.5 Å². The molecule has 11 heteroatoms. The monoisotopic (exact) mass is 628 g/mol. The normalized spacial score (nSPS) is 24.2. The van der Waals surface area contributed by atoms with Crippen molar-refractivity contribution in [3.63, 3.8) is 0 Å². The summed E-state index contributed by atoms with van der Waals surface area (Å²) >= 11 is 0. The highest BCUT2D eigenvalue weighted by atomic mass is 19.1. The Morgan fingerprint density at radius 1 is 1.09 bits per heavy atom. The zero-order valence-corrected chi connectivity index (χ0v) is 25.5. The minimum absolute atomic E-state index is 0.00463. The lowest BCUT2D eigenvalue weighted by Crippen LogP contribution is -2.50. The molecule has 0 bridgehead atoms. The quantitative estimate of drug-likeness (QED) is 0.281. The molecule has 2 aromatic heterocycles. The van der Waals surface area contributed by atoms with E-state index < -0.39 is 23.3 Å². The van der Waals surface area contributed by atoms with E-state index in [1.54, 1.807) is 0 Å². The number of alkyl halides is 1. The second-order valence-corrected chi connectivity index (χ2v) is 13.3. The minimum Gasteiger partial charge on any atom is -0.508 e. The number of nitrogens with zero attached hydrogens (tertiary/aromatic N) is 5. The summed E-state index contributed by atoms with van der Waals surface area (Å²) in [6.07, 6.45) is 12.6. The lowest BCUT2D eigenvalue weighted by molar-refractivity contribution is 0.107. The van der Waals surface area contributed by atoms with E-state index in [2.05, 4.69) is 31.0 Å². The summed E-state index contributed by atoms with van der Waals surface area (Å²) < 4.78 is 52.4. The van der Waals surface area contributed by atoms with Crippen LogP contribution in [0.3, 0.4) is 0 Å². The van der Waals surface area contributed by atoms with Crippen molar-refractivity contribution in [2.75, 3.05) is 44.2 Å². The highest BCUT2D eigenvalue weighted by Crippen LogP contribution is 2.42. The summed E-state index contributed by atoms with van der Waals surface area (Å²) in [4.78, 5) is 18.2. The highest BCUT2D eigenvalue weighted by Gasteiger charge is 2.49. The van der Waals surface area contributed by atoms with E-state index in [0.717, 1.165) is 51.6 Å². The summed E-state index contributed by atoms with van der Waals surface area (Å²) in [5, 5.41) is 15.4. The topological polar surface area (TPSA) is 86.6 Å². The first-order chi connectivity index (χ1) is 22.3. The van der Waals surface area contributed by atoms with Crippen LogP contribution in [0.5, 0.6) is 11.8 Å². The van der Waals surface area contributed by atoms with E-state index in [9.17, 15) is 13.9 Å². The van der Waals surface area contributed by atoms with Gasteiger partial charge in [-0.25, -0.2) is 13.2 Å². The molecule has 2 atom stereocenters. The molecule has 0 radical (unpaired) electrons. The Morgan fingerprint density at radius 2 is 1.93 bits per heavy atom. The van der Waals surface area contributed by atoms with Crippen molar-refractivity contribution in [1.29, 1.82) is 0 Å². The number of nitrogens with one attached hydrogen (secondary N) is 1. The van der Waals surface area contributed by atoms with Crippen LogP contribution in [0.2, 0.25) is 0 Å². The van der Waals surface area contributed by atoms with Crippen LogP contribution in [-0.4, -0.2) is 81.5 Å². The number of aromatic nitrogens is 3. The number of aromatic hydroxyl groups is 1. The Hall–Kier alpha value is -4.14. The zero-order valence-electron chi connectivity index (χ0n) is 25.5. The molecule has 0 aliphatic carbocycles. The fraction of sp³-hybridized carbons (Fsp3) is 0.457. The third-order valence-corrected chi connectivity index (χ3v) is 10.7. The van der Waals surface area contributed by atoms with Crippen LogP contribution in [0, 0.1) is 24.0 Å². The third-order valence-electron chi connectivity index (χ3n) is 10.7. The van der Waals surface area contributed by atoms with Gasteiger partial charge < -0.3 is 20.1 Å². The van der Waals surface area contributed by atoms with Crippen molar-refractivity contribution >= 4 is 27.5 Å². The fourth-order valence-electron chi connectivity index (χ4n) is 8.36. The first-order valence-corrected chi connectivity index (χ1v) is 16.1. The molecule has 6 heterocycles. The van der Waals surface area contributed by atoms with Crippen molar-refractivity contribution in [1.82, 2.24) is 25.2 Å². The van der Waals surface area contributed by atoms with Gasteiger partial charge in [0.15, 0.2) is 5.82 Å². The maximum atomic E-state index is 16.8. The molecule has 8 rings (SSSR count). The number of ether oxygens (including phenoxy) is 1. The number of fused-ring (bicyclic) bond motifs is 3. The average Bonchev–Trinajstić information content (AvgIpc) is 3.75. The molecule has 238 valence electrons. The van der Waals surface area contributed by atoms with Crippen molar-refractivity contribution in [2.45, 2.75) is 62.2 Å². The van der Waals surface area contributed by atoms with Gasteiger partial charge in [0.25, 0.3) is 0 Å². The van der Waals surface area contributed by atoms with E-state index in [4.69, 9.17) is 16.1 Å². The van der Waals surface area contributed by atoms with Crippen LogP contribution in [0.15, 0.2) is 30.5 Å². The van der Waals surface area contributed by atoms with Crippen molar-refractivity contribution < 1.29 is 23.0 Å². The number of rotatable bonds is 5. The molecule has 4 saturated heterocycles. The zero-order chi connectivity index (χ0) is 31.6. The van der Waals surface area contributed by atoms with Crippen LogP contribution in [0.4, 0.5) is 19.0 Å². The predicted octanol–water partition coefficient (Wildman–Crippen LogP) is 5.49. The van der Waals surface area contributed by atoms with Gasteiger partial charge in [0.2, 0.25) is 0 Å². The maximum absolute atomic E-state index is 16.8. The Bertz CT molecular complexity index is 1900. The summed E-state index contributed by atoms with van der Waals surface area (Å²) in [6.45, 7) is 3.85. The maximum Gasteiger partial charge on any atom is 0.319 e. The van der Waals surface area contributed by atoms with E-state index >= 15 is 4.39 Å². The molecule has 4 aromatic rings. The second kappa shape index (κ2) is 11.0. The van der Waals surface area contributed by atoms with E-state index in [0.29, 0.717) is 42.6 Å². The summed E-state index contributed by atoms with van der Waals surface area (Å²) in [6, 6.07) is 5.50. The van der Waals surface area contributed by atoms with Gasteiger partial charge in [0.1, 0.15) is 41.4 Å². The van der Waals surface area contributed by atoms with Crippen molar-refractivity contribution in [2.24, 2.45) is 0 Å². The first-order valence-electron chi connectivity index (χ1n) is 16.1. The van der Waals surface area contributed by atoms with E-state index in [-0.39, 0.29) is 51.6 Å². The Labute approximate surface area is 265 Å². The average molecular weight is 629 g/mol. The van der Waals surface area contributed by atoms with Gasteiger partial charge in [0.05, 0.1) is 16.5 Å². The van der Waals surface area contributed by atoms with Crippen LogP contribution >= 0.6 is 0 Å². The lowest BCUT2D eigenvalue weighted by Gasteiger charge is -2.40. The first kappa shape index (κ1) is 29.3. The predicted molar refractivity (Wildman–Crippen MR) is 170 cm³/mol. The number of phenols is 1. The number of hydrogen-bond donors (Lipinski definition) is 2. The van der Waals surface area contributed by atoms with E-state index in [1.165, 1.54) is 30.5 Å². The van der Waals surface area contributed by atoms with Gasteiger partial charge in [-0.1, -0.05) is 12.0 Å². The Morgan fingerprint density at radius 3 is 2.72 bits per heavy atom. The standard InChI is InChI=1S/C35H35F3N6O2/c1-2-24-27(37)6-5-21-15-23(45)16-25(28(21)24)30-29(38)31-26(18-39-30)32(43-13-9-34(10-14-43)7-3-11-40-34)42-33(41-31)46-20-35-8-4-12-44(35)19-22(36)17-35/h1,5-6,15-16,18,22,40,45H,3-4,7-14,17,19-20H2/t22-,35+/m1/s1. The molecular formula is C35H35F3N6O2. The second-order valence-electron chi connectivity index (χ2n) is 13.3. The molecular weight excluding hydrogens is 593 g/mol. The number of pyridine rings is 1. The third kappa shape index (κ3) is 4.73. The van der Waals surface area contributed by atoms with Crippen molar-refractivity contribution in [3.05, 3.63) is 47.7 Å². The van der Waals surface area contributed by atoms with Crippen LogP contribution in [-0.2, 0) is 0 Å². The largest absolute Gasteiger partial charge is 0.508 e. The Balaban J connectivity index is 1.25. The molecule has 2 N–H and O–H groups in total. The van der Waals surface area contributed by atoms with Gasteiger partial charge in [-0.3, -0.25) is 9.88 Å². The summed E-state index contributed by atoms with van der Waals surface area (Å²) in [7, 11) is 0. The molecule has 1 spiro atoms. The summed E-state index contributed by atoms with van der Waals surface area (Å²) in [5.74, 6) is 1.36. The summed E-state index contributed by atoms with van der Waals surface area (Å²) in [5.41, 5.74) is -0.344. The molecule has 2 aromatic carbocycles. The van der Waals surface area contributed by atoms with Gasteiger partial charge in [-0.15, -0.1) is 6.42 Å². The number of anilines is 1. The molecule has 8 nitrogen and oxygen atoms in total. The number of terminal acetylenes is 1. The number of phenolic OH excluding ortho intramolecular Hbond substituents is 1. The highest BCUT2D eigenvalue weighted by molar-refractivity contribution is 6.03. The Kier molecular flexibility index (Phi) is 6.99. The molecule has 4 fully saturated rings. The molecule has 0 amide bonds. The fourth-order valence-corrected chi connectivity index (χ4v) is 8.36. The van der Waals surface area contributed by atoms with Crippen molar-refractivity contribution in [3.8, 4) is 35.4 Å². The molecule has 46 heavy (non-hydrogen) atoms. The number of hydrogen-bond acceptors (Lipinski definition) is 8. The van der Waals surface area contributed by atoms with Crippen LogP contribution in [0.25, 0.3) is 32.9 Å². The minimum atomic E-state index is -0.914. The van der Waals surface area contributed by atoms with Gasteiger partial charge in [-0.2, -0.15) is 9.97 Å². The number of benzene rings is 2. The lowest BCUT2D eigenvalue weighted by atomic mass is 9.86. The van der Waals surface area contributed by atoms with Gasteiger partial charge in [-0.05, 0) is 75.2 Å². The molecule has 4 aliphatic heterocycles. The number of piperidine rings is 1. The van der Waals surface area contributed by atoms with Gasteiger partial charge >= 0.3 is 6.01 Å². The molecule has 0 unspecified atom stereocenters. The van der Waals surface area contributed by atoms with Crippen LogP contribution < -0.4 is 15.0 Å².